The largest absolute Gasteiger partial charge is 0.322 e. The average Bonchev–Trinajstić information content (AvgIpc) is 2.36. The number of nitrogens with one attached hydrogen (secondary N) is 1. The molecule has 1 aromatic carbocycles. The van der Waals surface area contributed by atoms with E-state index in [0.717, 1.165) is 17.7 Å². The van der Waals surface area contributed by atoms with Gasteiger partial charge in [-0.2, -0.15) is 0 Å². The third kappa shape index (κ3) is 4.24. The van der Waals surface area contributed by atoms with Crippen molar-refractivity contribution in [2.75, 3.05) is 18.4 Å². The van der Waals surface area contributed by atoms with E-state index in [1.807, 2.05) is 38.1 Å². The fourth-order valence-corrected chi connectivity index (χ4v) is 1.68. The average molecular weight is 246 g/mol. The lowest BCUT2D eigenvalue weighted by Gasteiger charge is -2.21. The van der Waals surface area contributed by atoms with Crippen LogP contribution in [0.2, 0.25) is 0 Å². The number of nitrogens with zero attached hydrogens (tertiary/aromatic N) is 1. The van der Waals surface area contributed by atoms with Crippen molar-refractivity contribution in [2.24, 2.45) is 0 Å². The van der Waals surface area contributed by atoms with Crippen molar-refractivity contribution in [1.82, 2.24) is 4.90 Å². The molecule has 0 radical (unpaired) electrons. The first-order valence-corrected chi connectivity index (χ1v) is 6.36. The highest BCUT2D eigenvalue weighted by molar-refractivity contribution is 5.89. The quantitative estimate of drug-likeness (QED) is 0.790. The second-order valence-corrected chi connectivity index (χ2v) is 4.45. The Balaban J connectivity index is 2.64. The molecule has 0 aromatic heterocycles. The number of aryl methyl sites for hydroxylation is 1. The van der Waals surface area contributed by atoms with E-state index in [4.69, 9.17) is 0 Å². The fraction of sp³-hybridized carbons (Fsp3) is 0.400. The molecule has 98 valence electrons. The van der Waals surface area contributed by atoms with Crippen LogP contribution in [-0.4, -0.2) is 24.0 Å². The van der Waals surface area contributed by atoms with Gasteiger partial charge >= 0.3 is 6.03 Å². The number of hydrogen-bond donors (Lipinski definition) is 1. The molecule has 0 aliphatic rings. The Morgan fingerprint density at radius 2 is 1.89 bits per heavy atom. The van der Waals surface area contributed by atoms with Gasteiger partial charge in [-0.1, -0.05) is 31.2 Å². The van der Waals surface area contributed by atoms with Gasteiger partial charge < -0.3 is 10.2 Å². The van der Waals surface area contributed by atoms with Crippen LogP contribution in [0.4, 0.5) is 10.5 Å². The highest BCUT2D eigenvalue weighted by Crippen LogP contribution is 2.11. The number of carbonyl (C=O) groups is 1. The van der Waals surface area contributed by atoms with Gasteiger partial charge in [0.2, 0.25) is 0 Å². The van der Waals surface area contributed by atoms with E-state index in [2.05, 4.69) is 18.8 Å². The summed E-state index contributed by atoms with van der Waals surface area (Å²) >= 11 is 0. The fourth-order valence-electron chi connectivity index (χ4n) is 1.68. The van der Waals surface area contributed by atoms with Crippen LogP contribution in [0, 0.1) is 0 Å². The molecule has 0 bridgehead atoms. The lowest BCUT2D eigenvalue weighted by Crippen LogP contribution is -2.35. The topological polar surface area (TPSA) is 32.3 Å². The van der Waals surface area contributed by atoms with Crippen LogP contribution in [0.3, 0.4) is 0 Å². The molecule has 0 unspecified atom stereocenters. The Hall–Kier alpha value is -1.77. The number of amides is 2. The van der Waals surface area contributed by atoms with E-state index in [0.29, 0.717) is 13.1 Å². The predicted octanol–water partition coefficient (Wildman–Crippen LogP) is 3.68. The molecule has 18 heavy (non-hydrogen) atoms. The second kappa shape index (κ2) is 6.84. The Bertz CT molecular complexity index is 409. The van der Waals surface area contributed by atoms with Crippen molar-refractivity contribution in [1.29, 1.82) is 0 Å². The minimum Gasteiger partial charge on any atom is -0.321 e. The number of carbonyl (C=O) groups excluding carboxylic acids is 1. The van der Waals surface area contributed by atoms with Crippen LogP contribution in [0.15, 0.2) is 36.4 Å². The SMILES string of the molecule is C=C(C)CN(CC)C(=O)Nc1ccc(CC)cc1. The summed E-state index contributed by atoms with van der Waals surface area (Å²) in [5, 5.41) is 2.90. The molecule has 1 rings (SSSR count). The van der Waals surface area contributed by atoms with Crippen LogP contribution >= 0.6 is 0 Å². The summed E-state index contributed by atoms with van der Waals surface area (Å²) in [6.07, 6.45) is 1.00. The summed E-state index contributed by atoms with van der Waals surface area (Å²) in [6.45, 7) is 11.1. The first-order valence-electron chi connectivity index (χ1n) is 6.36. The number of anilines is 1. The summed E-state index contributed by atoms with van der Waals surface area (Å²) in [6, 6.07) is 7.86. The molecule has 3 nitrogen and oxygen atoms in total. The second-order valence-electron chi connectivity index (χ2n) is 4.45. The summed E-state index contributed by atoms with van der Waals surface area (Å²) in [4.78, 5) is 13.7. The number of benzene rings is 1. The van der Waals surface area contributed by atoms with Gasteiger partial charge in [-0.3, -0.25) is 0 Å². The van der Waals surface area contributed by atoms with Crippen LogP contribution in [0.25, 0.3) is 0 Å². The van der Waals surface area contributed by atoms with E-state index < -0.39 is 0 Å². The van der Waals surface area contributed by atoms with Crippen molar-refractivity contribution in [3.05, 3.63) is 42.0 Å². The third-order valence-corrected chi connectivity index (χ3v) is 2.74. The standard InChI is InChI=1S/C15H22N2O/c1-5-13-7-9-14(10-8-13)16-15(18)17(6-2)11-12(3)4/h7-10H,3,5-6,11H2,1-2,4H3,(H,16,18). The molecule has 0 heterocycles. The summed E-state index contributed by atoms with van der Waals surface area (Å²) < 4.78 is 0. The lowest BCUT2D eigenvalue weighted by molar-refractivity contribution is 0.218. The zero-order valence-corrected chi connectivity index (χ0v) is 11.5. The highest BCUT2D eigenvalue weighted by atomic mass is 16.2. The molecular formula is C15H22N2O. The maximum atomic E-state index is 12.0. The van der Waals surface area contributed by atoms with Gasteiger partial charge in [-0.15, -0.1) is 0 Å². The zero-order chi connectivity index (χ0) is 13.5. The molecule has 0 fully saturated rings. The maximum absolute atomic E-state index is 12.0. The Morgan fingerprint density at radius 3 is 2.33 bits per heavy atom. The number of urea groups is 1. The molecule has 0 saturated heterocycles. The van der Waals surface area contributed by atoms with Crippen LogP contribution in [0.5, 0.6) is 0 Å². The van der Waals surface area contributed by atoms with Crippen LogP contribution in [0.1, 0.15) is 26.3 Å². The number of hydrogen-bond acceptors (Lipinski definition) is 1. The van der Waals surface area contributed by atoms with Gasteiger partial charge in [0, 0.05) is 18.8 Å². The van der Waals surface area contributed by atoms with Crippen molar-refractivity contribution in [2.45, 2.75) is 27.2 Å². The zero-order valence-electron chi connectivity index (χ0n) is 11.5. The molecule has 2 amide bonds. The molecule has 0 saturated carbocycles. The predicted molar refractivity (Wildman–Crippen MR) is 76.9 cm³/mol. The molecule has 0 spiro atoms. The molecule has 1 N–H and O–H groups in total. The lowest BCUT2D eigenvalue weighted by atomic mass is 10.1. The van der Waals surface area contributed by atoms with Crippen LogP contribution in [-0.2, 0) is 6.42 Å². The first kappa shape index (κ1) is 14.3. The van der Waals surface area contributed by atoms with E-state index in [1.165, 1.54) is 5.56 Å². The van der Waals surface area contributed by atoms with Crippen molar-refractivity contribution >= 4 is 11.7 Å². The van der Waals surface area contributed by atoms with Crippen molar-refractivity contribution in [3.8, 4) is 0 Å². The summed E-state index contributed by atoms with van der Waals surface area (Å²) in [5.74, 6) is 0. The normalized spacial score (nSPS) is 9.94. The van der Waals surface area contributed by atoms with Crippen molar-refractivity contribution < 1.29 is 4.79 Å². The van der Waals surface area contributed by atoms with Gasteiger partial charge in [0.25, 0.3) is 0 Å². The van der Waals surface area contributed by atoms with E-state index in [1.54, 1.807) is 4.90 Å². The minimum absolute atomic E-state index is 0.0789. The van der Waals surface area contributed by atoms with Gasteiger partial charge in [-0.05, 0) is 38.0 Å². The molecule has 0 atom stereocenters. The van der Waals surface area contributed by atoms with Gasteiger partial charge in [0.15, 0.2) is 0 Å². The monoisotopic (exact) mass is 246 g/mol. The minimum atomic E-state index is -0.0789. The molecule has 1 aromatic rings. The number of likely N-dealkylation sites (N-methyl/N-ethyl adjacent to an activating group) is 1. The Morgan fingerprint density at radius 1 is 1.28 bits per heavy atom. The van der Waals surface area contributed by atoms with E-state index in [-0.39, 0.29) is 6.03 Å². The van der Waals surface area contributed by atoms with Gasteiger partial charge in [0.05, 0.1) is 0 Å². The van der Waals surface area contributed by atoms with Gasteiger partial charge in [-0.25, -0.2) is 4.79 Å². The smallest absolute Gasteiger partial charge is 0.321 e. The molecule has 0 aliphatic heterocycles. The highest BCUT2D eigenvalue weighted by Gasteiger charge is 2.11. The maximum Gasteiger partial charge on any atom is 0.322 e. The van der Waals surface area contributed by atoms with Crippen molar-refractivity contribution in [3.63, 3.8) is 0 Å². The summed E-state index contributed by atoms with van der Waals surface area (Å²) in [5.41, 5.74) is 3.08. The van der Waals surface area contributed by atoms with Gasteiger partial charge in [0.1, 0.15) is 0 Å². The molecular weight excluding hydrogens is 224 g/mol. The molecule has 3 heteroatoms. The van der Waals surface area contributed by atoms with Crippen LogP contribution < -0.4 is 5.32 Å². The van der Waals surface area contributed by atoms with E-state index >= 15 is 0 Å². The Kier molecular flexibility index (Phi) is 5.43. The first-order chi connectivity index (χ1) is 8.56. The third-order valence-electron chi connectivity index (χ3n) is 2.74. The Labute approximate surface area is 109 Å². The van der Waals surface area contributed by atoms with E-state index in [9.17, 15) is 4.79 Å². The number of rotatable bonds is 5. The molecule has 0 aliphatic carbocycles. The summed E-state index contributed by atoms with van der Waals surface area (Å²) in [7, 11) is 0.